The molecule has 1 saturated heterocycles. The molecule has 1 atom stereocenters. The van der Waals surface area contributed by atoms with Crippen molar-refractivity contribution in [1.29, 1.82) is 0 Å². The van der Waals surface area contributed by atoms with Gasteiger partial charge < -0.3 is 4.90 Å². The van der Waals surface area contributed by atoms with E-state index in [1.807, 2.05) is 11.0 Å². The van der Waals surface area contributed by atoms with E-state index in [4.69, 9.17) is 5.53 Å². The zero-order chi connectivity index (χ0) is 14.7. The molecule has 1 N–H and O–H groups in total. The summed E-state index contributed by atoms with van der Waals surface area (Å²) in [5, 5.41) is 11.6. The van der Waals surface area contributed by atoms with Gasteiger partial charge in [0, 0.05) is 36.4 Å². The van der Waals surface area contributed by atoms with Gasteiger partial charge in [0.1, 0.15) is 0 Å². The number of fused-ring (bicyclic) bond motifs is 1. The number of nitrogens with zero attached hydrogens (tertiary/aromatic N) is 5. The van der Waals surface area contributed by atoms with Gasteiger partial charge in [-0.05, 0) is 35.6 Å². The van der Waals surface area contributed by atoms with Crippen LogP contribution in [0.5, 0.6) is 0 Å². The quantitative estimate of drug-likeness (QED) is 0.517. The number of nitrogens with one attached hydrogen (secondary N) is 1. The molecule has 1 unspecified atom stereocenters. The van der Waals surface area contributed by atoms with Crippen LogP contribution in [0.4, 0.5) is 0 Å². The fourth-order valence-corrected chi connectivity index (χ4v) is 2.76. The summed E-state index contributed by atoms with van der Waals surface area (Å²) < 4.78 is 0. The molecule has 1 fully saturated rings. The second kappa shape index (κ2) is 5.85. The van der Waals surface area contributed by atoms with Crippen LogP contribution in [-0.4, -0.2) is 40.6 Å². The Morgan fingerprint density at radius 2 is 2.43 bits per heavy atom. The number of amides is 1. The SMILES string of the molecule is [N-]=[N+]=NCC1CC(=O)N(CCc2ccc3[nH]ncc3c2)C1. The van der Waals surface area contributed by atoms with Crippen molar-refractivity contribution in [2.45, 2.75) is 12.8 Å². The van der Waals surface area contributed by atoms with Crippen molar-refractivity contribution in [2.24, 2.45) is 11.0 Å². The van der Waals surface area contributed by atoms with Gasteiger partial charge in [-0.1, -0.05) is 11.2 Å². The number of hydrogen-bond donors (Lipinski definition) is 1. The molecule has 2 aromatic rings. The summed E-state index contributed by atoms with van der Waals surface area (Å²) in [7, 11) is 0. The van der Waals surface area contributed by atoms with E-state index in [0.29, 0.717) is 26.1 Å². The zero-order valence-electron chi connectivity index (χ0n) is 11.6. The second-order valence-corrected chi connectivity index (χ2v) is 5.36. The van der Waals surface area contributed by atoms with Crippen molar-refractivity contribution in [3.05, 3.63) is 40.4 Å². The van der Waals surface area contributed by atoms with Crippen LogP contribution < -0.4 is 0 Å². The maximum atomic E-state index is 11.9. The van der Waals surface area contributed by atoms with Crippen LogP contribution in [0.15, 0.2) is 29.5 Å². The van der Waals surface area contributed by atoms with Crippen LogP contribution in [0.2, 0.25) is 0 Å². The summed E-state index contributed by atoms with van der Waals surface area (Å²) in [5.41, 5.74) is 10.5. The molecule has 0 bridgehead atoms. The predicted octanol–water partition coefficient (Wildman–Crippen LogP) is 2.26. The average Bonchev–Trinajstić information content (AvgIpc) is 3.08. The van der Waals surface area contributed by atoms with Crippen LogP contribution in [0, 0.1) is 5.92 Å². The third-order valence-corrected chi connectivity index (χ3v) is 3.87. The van der Waals surface area contributed by atoms with Gasteiger partial charge in [0.2, 0.25) is 5.91 Å². The largest absolute Gasteiger partial charge is 0.342 e. The third-order valence-electron chi connectivity index (χ3n) is 3.87. The van der Waals surface area contributed by atoms with Crippen molar-refractivity contribution >= 4 is 16.8 Å². The molecule has 1 aromatic carbocycles. The van der Waals surface area contributed by atoms with Crippen LogP contribution in [0.25, 0.3) is 21.3 Å². The molecule has 108 valence electrons. The van der Waals surface area contributed by atoms with Gasteiger partial charge in [-0.15, -0.1) is 0 Å². The van der Waals surface area contributed by atoms with E-state index in [0.717, 1.165) is 17.3 Å². The van der Waals surface area contributed by atoms with Crippen molar-refractivity contribution in [2.75, 3.05) is 19.6 Å². The first-order valence-corrected chi connectivity index (χ1v) is 6.97. The lowest BCUT2D eigenvalue weighted by atomic mass is 10.1. The van der Waals surface area contributed by atoms with Gasteiger partial charge in [0.05, 0.1) is 11.7 Å². The summed E-state index contributed by atoms with van der Waals surface area (Å²) in [5.74, 6) is 0.308. The molecule has 0 aliphatic carbocycles. The van der Waals surface area contributed by atoms with Crippen molar-refractivity contribution in [1.82, 2.24) is 15.1 Å². The van der Waals surface area contributed by atoms with E-state index in [1.165, 1.54) is 5.56 Å². The van der Waals surface area contributed by atoms with Crippen molar-refractivity contribution in [3.63, 3.8) is 0 Å². The summed E-state index contributed by atoms with van der Waals surface area (Å²) in [6.45, 7) is 1.79. The fourth-order valence-electron chi connectivity index (χ4n) is 2.76. The number of carbonyl (C=O) groups excluding carboxylic acids is 1. The van der Waals surface area contributed by atoms with Crippen LogP contribution in [0.3, 0.4) is 0 Å². The topological polar surface area (TPSA) is 97.8 Å². The van der Waals surface area contributed by atoms with Crippen LogP contribution in [0.1, 0.15) is 12.0 Å². The van der Waals surface area contributed by atoms with Gasteiger partial charge in [-0.25, -0.2) is 0 Å². The highest BCUT2D eigenvalue weighted by Gasteiger charge is 2.28. The van der Waals surface area contributed by atoms with Gasteiger partial charge in [-0.3, -0.25) is 9.89 Å². The molecular formula is C14H16N6O. The standard InChI is InChI=1S/C14H16N6O/c15-19-17-7-11-6-14(21)20(9-11)4-3-10-1-2-13-12(5-10)8-16-18-13/h1-2,5,8,11H,3-4,6-7,9H2,(H,16,18). The average molecular weight is 284 g/mol. The number of rotatable bonds is 5. The maximum absolute atomic E-state index is 11.9. The summed E-state index contributed by atoms with van der Waals surface area (Å²) in [6.07, 6.45) is 3.11. The molecule has 7 nitrogen and oxygen atoms in total. The zero-order valence-corrected chi connectivity index (χ0v) is 11.6. The minimum absolute atomic E-state index is 0.150. The van der Waals surface area contributed by atoms with E-state index in [9.17, 15) is 4.79 Å². The lowest BCUT2D eigenvalue weighted by molar-refractivity contribution is -0.127. The van der Waals surface area contributed by atoms with E-state index in [1.54, 1.807) is 6.20 Å². The monoisotopic (exact) mass is 284 g/mol. The maximum Gasteiger partial charge on any atom is 0.222 e. The summed E-state index contributed by atoms with van der Waals surface area (Å²) in [6, 6.07) is 6.16. The lowest BCUT2D eigenvalue weighted by Gasteiger charge is -2.16. The summed E-state index contributed by atoms with van der Waals surface area (Å²) >= 11 is 0. The Kier molecular flexibility index (Phi) is 3.75. The normalized spacial score (nSPS) is 18.2. The first-order chi connectivity index (χ1) is 10.3. The Hall–Kier alpha value is -2.53. The number of aromatic amines is 1. The van der Waals surface area contributed by atoms with Gasteiger partial charge in [-0.2, -0.15) is 5.10 Å². The molecule has 1 aromatic heterocycles. The lowest BCUT2D eigenvalue weighted by Crippen LogP contribution is -2.27. The van der Waals surface area contributed by atoms with E-state index in [2.05, 4.69) is 32.4 Å². The minimum Gasteiger partial charge on any atom is -0.342 e. The first kappa shape index (κ1) is 13.5. The Labute approximate surface area is 121 Å². The number of azide groups is 1. The highest BCUT2D eigenvalue weighted by Crippen LogP contribution is 2.19. The number of carbonyl (C=O) groups is 1. The molecule has 7 heteroatoms. The Morgan fingerprint density at radius 1 is 1.52 bits per heavy atom. The van der Waals surface area contributed by atoms with E-state index >= 15 is 0 Å². The number of aromatic nitrogens is 2. The van der Waals surface area contributed by atoms with Gasteiger partial charge in [0.15, 0.2) is 0 Å². The molecule has 0 radical (unpaired) electrons. The molecule has 1 aliphatic heterocycles. The van der Waals surface area contributed by atoms with Crippen LogP contribution >= 0.6 is 0 Å². The van der Waals surface area contributed by atoms with Crippen molar-refractivity contribution in [3.8, 4) is 0 Å². The second-order valence-electron chi connectivity index (χ2n) is 5.36. The molecule has 0 saturated carbocycles. The van der Waals surface area contributed by atoms with E-state index in [-0.39, 0.29) is 11.8 Å². The number of hydrogen-bond acceptors (Lipinski definition) is 3. The molecule has 1 aliphatic rings. The third kappa shape index (κ3) is 2.98. The molecular weight excluding hydrogens is 268 g/mol. The minimum atomic E-state index is 0.150. The summed E-state index contributed by atoms with van der Waals surface area (Å²) in [4.78, 5) is 16.5. The number of benzene rings is 1. The number of H-pyrrole nitrogens is 1. The highest BCUT2D eigenvalue weighted by molar-refractivity contribution is 5.79. The molecule has 0 spiro atoms. The molecule has 3 rings (SSSR count). The Balaban J connectivity index is 1.59. The van der Waals surface area contributed by atoms with Crippen LogP contribution in [-0.2, 0) is 11.2 Å². The van der Waals surface area contributed by atoms with Gasteiger partial charge in [0.25, 0.3) is 0 Å². The fraction of sp³-hybridized carbons (Fsp3) is 0.429. The Bertz CT molecular complexity index is 702. The first-order valence-electron chi connectivity index (χ1n) is 6.97. The smallest absolute Gasteiger partial charge is 0.222 e. The molecule has 1 amide bonds. The molecule has 2 heterocycles. The molecule has 21 heavy (non-hydrogen) atoms. The van der Waals surface area contributed by atoms with Gasteiger partial charge >= 0.3 is 0 Å². The predicted molar refractivity (Wildman–Crippen MR) is 78.5 cm³/mol. The number of likely N-dealkylation sites (tertiary alicyclic amines) is 1. The van der Waals surface area contributed by atoms with E-state index < -0.39 is 0 Å². The Morgan fingerprint density at radius 3 is 3.29 bits per heavy atom. The van der Waals surface area contributed by atoms with Crippen molar-refractivity contribution < 1.29 is 4.79 Å². The highest BCUT2D eigenvalue weighted by atomic mass is 16.2.